The number of sulfonamides is 1. The summed E-state index contributed by atoms with van der Waals surface area (Å²) in [5.74, 6) is -2.40. The van der Waals surface area contributed by atoms with Gasteiger partial charge in [0.15, 0.2) is 17.6 Å². The molecule has 14 heteroatoms. The Morgan fingerprint density at radius 2 is 1.67 bits per heavy atom. The van der Waals surface area contributed by atoms with Crippen molar-refractivity contribution in [1.29, 1.82) is 0 Å². The molecule has 3 aliphatic rings. The minimum atomic E-state index is -3.81. The van der Waals surface area contributed by atoms with Crippen molar-refractivity contribution in [3.63, 3.8) is 0 Å². The number of carbonyl (C=O) groups excluding carboxylic acids is 1. The summed E-state index contributed by atoms with van der Waals surface area (Å²) in [6, 6.07) is 12.4. The van der Waals surface area contributed by atoms with Crippen LogP contribution in [0.5, 0.6) is 17.2 Å². The number of aromatic hydroxyl groups is 2. The molecule has 3 aromatic rings. The third kappa shape index (κ3) is 4.79. The average molecular weight is 617 g/mol. The largest absolute Gasteiger partial charge is 0.504 e. The number of hydrogen-bond donors (Lipinski definition) is 5. The number of nitrogens with zero attached hydrogens (tertiary/aromatic N) is 2. The summed E-state index contributed by atoms with van der Waals surface area (Å²) in [4.78, 5) is 15.3. The molecular formula is C29H32N2O11S. The Hall–Kier alpha value is -3.50. The van der Waals surface area contributed by atoms with Crippen molar-refractivity contribution in [3.05, 3.63) is 59.2 Å². The van der Waals surface area contributed by atoms with Crippen LogP contribution >= 0.6 is 0 Å². The Morgan fingerprint density at radius 1 is 0.977 bits per heavy atom. The minimum absolute atomic E-state index is 0.0337. The van der Waals surface area contributed by atoms with Gasteiger partial charge in [-0.2, -0.15) is 4.31 Å². The normalized spacial score (nSPS) is 26.5. The summed E-state index contributed by atoms with van der Waals surface area (Å²) in [5, 5.41) is 54.2. The van der Waals surface area contributed by atoms with Crippen molar-refractivity contribution in [1.82, 2.24) is 9.21 Å². The Balaban J connectivity index is 1.29. The van der Waals surface area contributed by atoms with Crippen molar-refractivity contribution in [2.45, 2.75) is 42.0 Å². The molecule has 2 unspecified atom stereocenters. The maximum absolute atomic E-state index is 13.6. The molecule has 0 saturated carbocycles. The molecule has 13 nitrogen and oxygen atoms in total. The molecule has 6 rings (SSSR count). The van der Waals surface area contributed by atoms with Gasteiger partial charge in [0.05, 0.1) is 24.2 Å². The minimum Gasteiger partial charge on any atom is -0.504 e. The van der Waals surface area contributed by atoms with Gasteiger partial charge >= 0.3 is 5.97 Å². The van der Waals surface area contributed by atoms with Crippen LogP contribution in [-0.4, -0.2) is 113 Å². The van der Waals surface area contributed by atoms with E-state index in [9.17, 15) is 38.7 Å². The zero-order chi connectivity index (χ0) is 30.6. The molecular weight excluding hydrogens is 584 g/mol. The maximum Gasteiger partial charge on any atom is 0.339 e. The van der Waals surface area contributed by atoms with Gasteiger partial charge in [0.2, 0.25) is 15.8 Å². The Bertz CT molecular complexity index is 1670. The van der Waals surface area contributed by atoms with Crippen molar-refractivity contribution < 1.29 is 53.0 Å². The van der Waals surface area contributed by atoms with Crippen molar-refractivity contribution in [2.75, 3.05) is 39.9 Å². The smallest absolute Gasteiger partial charge is 0.339 e. The van der Waals surface area contributed by atoms with Crippen molar-refractivity contribution in [3.8, 4) is 17.2 Å². The van der Waals surface area contributed by atoms with Gasteiger partial charge in [-0.05, 0) is 11.5 Å². The fraction of sp³-hybridized carbons (Fsp3) is 0.414. The first kappa shape index (κ1) is 29.6. The van der Waals surface area contributed by atoms with Crippen LogP contribution in [0.2, 0.25) is 0 Å². The number of hydrogen-bond acceptors (Lipinski definition) is 12. The van der Waals surface area contributed by atoms with E-state index in [4.69, 9.17) is 14.2 Å². The van der Waals surface area contributed by atoms with Crippen molar-refractivity contribution >= 4 is 26.8 Å². The van der Waals surface area contributed by atoms with E-state index in [1.54, 1.807) is 24.3 Å². The van der Waals surface area contributed by atoms with Crippen LogP contribution < -0.4 is 4.74 Å². The monoisotopic (exact) mass is 616 g/mol. The van der Waals surface area contributed by atoms with Gasteiger partial charge in [0.1, 0.15) is 24.4 Å². The number of esters is 1. The van der Waals surface area contributed by atoms with Crippen LogP contribution in [0.25, 0.3) is 10.8 Å². The molecule has 2 saturated heterocycles. The number of aliphatic hydroxyl groups excluding tert-OH is 3. The summed E-state index contributed by atoms with van der Waals surface area (Å²) in [6.45, 7) is 0.120. The van der Waals surface area contributed by atoms with E-state index in [1.165, 1.54) is 11.4 Å². The number of benzene rings is 3. The van der Waals surface area contributed by atoms with E-state index in [1.807, 2.05) is 23.1 Å². The second kappa shape index (κ2) is 11.2. The molecule has 230 valence electrons. The highest BCUT2D eigenvalue weighted by molar-refractivity contribution is 7.89. The fourth-order valence-electron chi connectivity index (χ4n) is 6.18. The number of ether oxygens (including phenoxy) is 3. The third-order valence-corrected chi connectivity index (χ3v) is 10.4. The lowest BCUT2D eigenvalue weighted by atomic mass is 9.84. The number of carbonyl (C=O) groups is 1. The molecule has 0 spiro atoms. The van der Waals surface area contributed by atoms with E-state index < -0.39 is 64.6 Å². The van der Waals surface area contributed by atoms with Gasteiger partial charge in [-0.15, -0.1) is 0 Å². The maximum atomic E-state index is 13.6. The highest BCUT2D eigenvalue weighted by Crippen LogP contribution is 2.52. The van der Waals surface area contributed by atoms with Gasteiger partial charge in [0, 0.05) is 49.2 Å². The number of piperazine rings is 1. The van der Waals surface area contributed by atoms with Gasteiger partial charge < -0.3 is 39.7 Å². The summed E-state index contributed by atoms with van der Waals surface area (Å²) in [7, 11) is -2.59. The summed E-state index contributed by atoms with van der Waals surface area (Å²) in [5.41, 5.74) is -0.237. The topological polar surface area (TPSA) is 187 Å². The Morgan fingerprint density at radius 3 is 2.37 bits per heavy atom. The van der Waals surface area contributed by atoms with Crippen LogP contribution in [0.15, 0.2) is 47.4 Å². The number of methoxy groups -OCH3 is 1. The number of fused-ring (bicyclic) bond motifs is 4. The molecule has 5 N–H and O–H groups in total. The highest BCUT2D eigenvalue weighted by Gasteiger charge is 2.53. The van der Waals surface area contributed by atoms with Crippen LogP contribution in [0, 0.1) is 0 Å². The average Bonchev–Trinajstić information content (AvgIpc) is 3.01. The molecule has 3 heterocycles. The first-order valence-corrected chi connectivity index (χ1v) is 15.2. The standard InChI is InChI=1S/C29H32N2O11S/c1-40-27-22(33)17(20-21(24(27)35)26-28(42-29(20)37)25(36)23(34)18(14-32)41-26)13-30-9-11-31(12-10-30)43(38,39)19-8-4-6-15-5-2-3-7-16(15)19/h2-8,18,23,25-26,28,32-36H,9-14H2,1H3/t18-,23-,25+,26?,28?/m1/s1. The van der Waals surface area contributed by atoms with Crippen LogP contribution in [0.4, 0.5) is 0 Å². The SMILES string of the molecule is COc1c(O)c(CN2CCN(S(=O)(=O)c3cccc4ccccc34)CC2)c2c(c1O)C1O[C@H](CO)[C@@H](O)[C@H](O)C1OC2=O. The first-order valence-electron chi connectivity index (χ1n) is 13.8. The molecule has 0 aliphatic carbocycles. The Kier molecular flexibility index (Phi) is 7.71. The number of phenols is 2. The second-order valence-electron chi connectivity index (χ2n) is 10.8. The van der Waals surface area contributed by atoms with E-state index in [-0.39, 0.29) is 60.1 Å². The van der Waals surface area contributed by atoms with E-state index in [0.29, 0.717) is 5.39 Å². The zero-order valence-corrected chi connectivity index (χ0v) is 24.0. The zero-order valence-electron chi connectivity index (χ0n) is 23.2. The van der Waals surface area contributed by atoms with Crippen molar-refractivity contribution in [2.24, 2.45) is 0 Å². The molecule has 5 atom stereocenters. The predicted octanol–water partition coefficient (Wildman–Crippen LogP) is 0.459. The molecule has 43 heavy (non-hydrogen) atoms. The van der Waals surface area contributed by atoms with Gasteiger partial charge in [0.25, 0.3) is 0 Å². The second-order valence-corrected chi connectivity index (χ2v) is 12.7. The molecule has 0 bridgehead atoms. The van der Waals surface area contributed by atoms with E-state index in [2.05, 4.69) is 0 Å². The molecule has 3 aliphatic heterocycles. The quantitative estimate of drug-likeness (QED) is 0.241. The summed E-state index contributed by atoms with van der Waals surface area (Å²) >= 11 is 0. The number of aliphatic hydroxyl groups is 3. The van der Waals surface area contributed by atoms with Crippen LogP contribution in [0.1, 0.15) is 27.6 Å². The van der Waals surface area contributed by atoms with Crippen LogP contribution in [0.3, 0.4) is 0 Å². The lowest BCUT2D eigenvalue weighted by Crippen LogP contribution is -2.58. The van der Waals surface area contributed by atoms with Gasteiger partial charge in [-0.25, -0.2) is 13.2 Å². The third-order valence-electron chi connectivity index (χ3n) is 8.43. The summed E-state index contributed by atoms with van der Waals surface area (Å²) < 4.78 is 45.1. The molecule has 0 radical (unpaired) electrons. The first-order chi connectivity index (χ1) is 20.6. The van der Waals surface area contributed by atoms with E-state index in [0.717, 1.165) is 5.39 Å². The predicted molar refractivity (Wildman–Crippen MR) is 150 cm³/mol. The molecule has 3 aromatic carbocycles. The molecule has 2 fully saturated rings. The summed E-state index contributed by atoms with van der Waals surface area (Å²) in [6.07, 6.45) is -7.08. The fourth-order valence-corrected chi connectivity index (χ4v) is 7.81. The lowest BCUT2D eigenvalue weighted by molar-refractivity contribution is -0.235. The molecule has 0 aromatic heterocycles. The van der Waals surface area contributed by atoms with Crippen LogP contribution in [-0.2, 0) is 26.0 Å². The van der Waals surface area contributed by atoms with Gasteiger partial charge in [-0.3, -0.25) is 4.90 Å². The van der Waals surface area contributed by atoms with Gasteiger partial charge in [-0.1, -0.05) is 36.4 Å². The Labute approximate surface area is 247 Å². The molecule has 0 amide bonds. The lowest BCUT2D eigenvalue weighted by Gasteiger charge is -2.45. The number of phenolic OH excluding ortho intramolecular Hbond substituents is 2. The highest BCUT2D eigenvalue weighted by atomic mass is 32.2. The van der Waals surface area contributed by atoms with E-state index >= 15 is 0 Å². The number of rotatable bonds is 6.